The van der Waals surface area contributed by atoms with E-state index in [2.05, 4.69) is 25.7 Å². The quantitative estimate of drug-likeness (QED) is 0.681. The summed E-state index contributed by atoms with van der Waals surface area (Å²) in [6, 6.07) is 0.716. The smallest absolute Gasteiger partial charge is 0.0258 e. The van der Waals surface area contributed by atoms with Gasteiger partial charge in [0, 0.05) is 11.7 Å². The van der Waals surface area contributed by atoms with Gasteiger partial charge in [0.25, 0.3) is 0 Å². The van der Waals surface area contributed by atoms with E-state index in [1.165, 1.54) is 37.8 Å². The van der Waals surface area contributed by atoms with Crippen LogP contribution in [0.3, 0.4) is 0 Å². The summed E-state index contributed by atoms with van der Waals surface area (Å²) in [6.07, 6.45) is 6.88. The molecule has 0 bridgehead atoms. The molecule has 0 amide bonds. The molecule has 1 rings (SSSR count). The average Bonchev–Trinajstić information content (AvgIpc) is 2.06. The molecule has 0 saturated heterocycles. The highest BCUT2D eigenvalue weighted by molar-refractivity contribution is 4.97. The fourth-order valence-electron chi connectivity index (χ4n) is 1.68. The fourth-order valence-corrected chi connectivity index (χ4v) is 1.68. The van der Waals surface area contributed by atoms with Crippen molar-refractivity contribution in [3.8, 4) is 0 Å². The molecule has 0 aromatic carbocycles. The number of allylic oxidation sites excluding steroid dienone is 1. The molecule has 1 aliphatic rings. The van der Waals surface area contributed by atoms with Crippen LogP contribution in [0.4, 0.5) is 0 Å². The summed E-state index contributed by atoms with van der Waals surface area (Å²) in [5.74, 6) is 0.576. The van der Waals surface area contributed by atoms with Gasteiger partial charge in [0.15, 0.2) is 0 Å². The molecule has 0 atom stereocenters. The fraction of sp³-hybridized carbons (Fsp3) is 0.818. The zero-order valence-corrected chi connectivity index (χ0v) is 8.40. The summed E-state index contributed by atoms with van der Waals surface area (Å²) in [4.78, 5) is 0. The van der Waals surface area contributed by atoms with Crippen LogP contribution in [0.5, 0.6) is 0 Å². The lowest BCUT2D eigenvalue weighted by Gasteiger charge is -2.26. The average molecular weight is 167 g/mol. The van der Waals surface area contributed by atoms with Crippen molar-refractivity contribution in [1.29, 1.82) is 0 Å². The molecule has 70 valence electrons. The van der Waals surface area contributed by atoms with Crippen molar-refractivity contribution in [2.45, 2.75) is 52.0 Å². The van der Waals surface area contributed by atoms with Crippen LogP contribution in [0.1, 0.15) is 46.0 Å². The molecule has 1 saturated carbocycles. The third-order valence-electron chi connectivity index (χ3n) is 2.69. The van der Waals surface area contributed by atoms with Gasteiger partial charge < -0.3 is 5.32 Å². The van der Waals surface area contributed by atoms with E-state index in [9.17, 15) is 0 Å². The van der Waals surface area contributed by atoms with Gasteiger partial charge in [-0.05, 0) is 18.8 Å². The zero-order valence-electron chi connectivity index (χ0n) is 8.40. The summed E-state index contributed by atoms with van der Waals surface area (Å²) in [5, 5.41) is 3.52. The molecule has 0 radical (unpaired) electrons. The molecule has 1 nitrogen and oxygen atoms in total. The standard InChI is InChI=1S/C11H21N/c1-9(2)10(3)12-11-7-5-4-6-8-11/h9,11-12H,3-8H2,1-2H3. The molecule has 1 fully saturated rings. The van der Waals surface area contributed by atoms with Crippen LogP contribution in [0, 0.1) is 5.92 Å². The maximum Gasteiger partial charge on any atom is 0.0258 e. The monoisotopic (exact) mass is 167 g/mol. The van der Waals surface area contributed by atoms with E-state index in [4.69, 9.17) is 0 Å². The van der Waals surface area contributed by atoms with Crippen LogP contribution < -0.4 is 5.32 Å². The van der Waals surface area contributed by atoms with Crippen molar-refractivity contribution in [1.82, 2.24) is 5.32 Å². The Morgan fingerprint density at radius 3 is 2.33 bits per heavy atom. The van der Waals surface area contributed by atoms with Gasteiger partial charge in [0.05, 0.1) is 0 Å². The van der Waals surface area contributed by atoms with Gasteiger partial charge >= 0.3 is 0 Å². The van der Waals surface area contributed by atoms with E-state index in [-0.39, 0.29) is 0 Å². The van der Waals surface area contributed by atoms with Crippen LogP contribution in [-0.2, 0) is 0 Å². The van der Waals surface area contributed by atoms with Crippen LogP contribution >= 0.6 is 0 Å². The van der Waals surface area contributed by atoms with Gasteiger partial charge in [-0.2, -0.15) is 0 Å². The molecule has 1 heteroatoms. The molecule has 0 aromatic heterocycles. The SMILES string of the molecule is C=C(NC1CCCCC1)C(C)C. The molecule has 1 aliphatic carbocycles. The summed E-state index contributed by atoms with van der Waals surface area (Å²) >= 11 is 0. The molecule has 1 N–H and O–H groups in total. The van der Waals surface area contributed by atoms with E-state index < -0.39 is 0 Å². The first-order chi connectivity index (χ1) is 5.70. The van der Waals surface area contributed by atoms with Gasteiger partial charge in [0.1, 0.15) is 0 Å². The molecular formula is C11H21N. The molecular weight excluding hydrogens is 146 g/mol. The van der Waals surface area contributed by atoms with E-state index in [1.807, 2.05) is 0 Å². The lowest BCUT2D eigenvalue weighted by Crippen LogP contribution is -2.31. The summed E-state index contributed by atoms with van der Waals surface area (Å²) in [7, 11) is 0. The third kappa shape index (κ3) is 2.88. The Morgan fingerprint density at radius 1 is 1.25 bits per heavy atom. The molecule has 0 aliphatic heterocycles. The highest BCUT2D eigenvalue weighted by atomic mass is 14.9. The van der Waals surface area contributed by atoms with E-state index in [0.717, 1.165) is 0 Å². The molecule has 0 aromatic rings. The highest BCUT2D eigenvalue weighted by Crippen LogP contribution is 2.19. The Kier molecular flexibility index (Phi) is 3.64. The summed E-state index contributed by atoms with van der Waals surface area (Å²) in [6.45, 7) is 8.42. The highest BCUT2D eigenvalue weighted by Gasteiger charge is 2.13. The Labute approximate surface area is 76.2 Å². The topological polar surface area (TPSA) is 12.0 Å². The minimum Gasteiger partial charge on any atom is -0.386 e. The van der Waals surface area contributed by atoms with Crippen LogP contribution in [0.15, 0.2) is 12.3 Å². The largest absolute Gasteiger partial charge is 0.386 e. The first-order valence-corrected chi connectivity index (χ1v) is 5.15. The number of hydrogen-bond acceptors (Lipinski definition) is 1. The molecule has 0 heterocycles. The van der Waals surface area contributed by atoms with Crippen molar-refractivity contribution in [3.63, 3.8) is 0 Å². The maximum absolute atomic E-state index is 4.04. The minimum absolute atomic E-state index is 0.576. The van der Waals surface area contributed by atoms with Gasteiger partial charge in [-0.25, -0.2) is 0 Å². The Balaban J connectivity index is 2.24. The molecule has 0 unspecified atom stereocenters. The van der Waals surface area contributed by atoms with Gasteiger partial charge in [-0.1, -0.05) is 39.7 Å². The molecule has 12 heavy (non-hydrogen) atoms. The first kappa shape index (κ1) is 9.63. The number of nitrogens with one attached hydrogen (secondary N) is 1. The van der Waals surface area contributed by atoms with Crippen molar-refractivity contribution in [2.24, 2.45) is 5.92 Å². The minimum atomic E-state index is 0.576. The lowest BCUT2D eigenvalue weighted by molar-refractivity contribution is 0.386. The van der Waals surface area contributed by atoms with Crippen LogP contribution in [0.25, 0.3) is 0 Å². The maximum atomic E-state index is 4.04. The van der Waals surface area contributed by atoms with E-state index in [0.29, 0.717) is 12.0 Å². The van der Waals surface area contributed by atoms with Crippen molar-refractivity contribution < 1.29 is 0 Å². The first-order valence-electron chi connectivity index (χ1n) is 5.15. The number of rotatable bonds is 3. The summed E-state index contributed by atoms with van der Waals surface area (Å²) < 4.78 is 0. The summed E-state index contributed by atoms with van der Waals surface area (Å²) in [5.41, 5.74) is 1.21. The predicted molar refractivity (Wildman–Crippen MR) is 54.0 cm³/mol. The van der Waals surface area contributed by atoms with Gasteiger partial charge in [0.2, 0.25) is 0 Å². The molecule has 0 spiro atoms. The second-order valence-corrected chi connectivity index (χ2v) is 4.16. The van der Waals surface area contributed by atoms with Crippen molar-refractivity contribution in [2.75, 3.05) is 0 Å². The van der Waals surface area contributed by atoms with Crippen molar-refractivity contribution in [3.05, 3.63) is 12.3 Å². The van der Waals surface area contributed by atoms with Crippen molar-refractivity contribution >= 4 is 0 Å². The van der Waals surface area contributed by atoms with Gasteiger partial charge in [-0.15, -0.1) is 0 Å². The Bertz CT molecular complexity index is 143. The number of hydrogen-bond donors (Lipinski definition) is 1. The predicted octanol–water partition coefficient (Wildman–Crippen LogP) is 3.08. The second-order valence-electron chi connectivity index (χ2n) is 4.16. The van der Waals surface area contributed by atoms with Crippen LogP contribution in [0.2, 0.25) is 0 Å². The third-order valence-corrected chi connectivity index (χ3v) is 2.69. The zero-order chi connectivity index (χ0) is 8.97. The Hall–Kier alpha value is -0.460. The normalized spacial score (nSPS) is 19.6. The second kappa shape index (κ2) is 4.54. The lowest BCUT2D eigenvalue weighted by atomic mass is 9.95. The van der Waals surface area contributed by atoms with Crippen LogP contribution in [-0.4, -0.2) is 6.04 Å². The van der Waals surface area contributed by atoms with Gasteiger partial charge in [-0.3, -0.25) is 0 Å². The van der Waals surface area contributed by atoms with E-state index in [1.54, 1.807) is 0 Å². The Morgan fingerprint density at radius 2 is 1.83 bits per heavy atom. The van der Waals surface area contributed by atoms with E-state index >= 15 is 0 Å².